The predicted octanol–water partition coefficient (Wildman–Crippen LogP) is 10.5. The number of aromatic nitrogens is 3. The molecule has 7 rings (SSSR count). The van der Waals surface area contributed by atoms with Gasteiger partial charge in [-0.25, -0.2) is 9.97 Å². The van der Waals surface area contributed by atoms with E-state index < -0.39 is 0 Å². The molecule has 0 saturated heterocycles. The molecule has 3 nitrogen and oxygen atoms in total. The summed E-state index contributed by atoms with van der Waals surface area (Å²) in [5, 5.41) is 0.180. The minimum absolute atomic E-state index is 0.180. The van der Waals surface area contributed by atoms with Gasteiger partial charge < -0.3 is 0 Å². The second kappa shape index (κ2) is 12.5. The molecule has 0 aliphatic heterocycles. The molecule has 7 aromatic rings. The van der Waals surface area contributed by atoms with E-state index >= 15 is 0 Å². The van der Waals surface area contributed by atoms with Crippen molar-refractivity contribution in [1.29, 1.82) is 0 Å². The Bertz CT molecular complexity index is 1910. The van der Waals surface area contributed by atoms with Crippen molar-refractivity contribution >= 4 is 11.6 Å². The molecule has 0 amide bonds. The lowest BCUT2D eigenvalue weighted by Crippen LogP contribution is -2.02. The topological polar surface area (TPSA) is 38.7 Å². The first-order chi connectivity index (χ1) is 21.7. The third-order valence-corrected chi connectivity index (χ3v) is 7.80. The van der Waals surface area contributed by atoms with Crippen LogP contribution >= 0.6 is 11.6 Å². The molecule has 0 N–H and O–H groups in total. The van der Waals surface area contributed by atoms with Gasteiger partial charge in [0.25, 0.3) is 0 Å². The van der Waals surface area contributed by atoms with Gasteiger partial charge in [0, 0.05) is 12.0 Å². The minimum Gasteiger partial charge on any atom is -0.213 e. The van der Waals surface area contributed by atoms with Crippen LogP contribution in [0.15, 0.2) is 158 Å². The van der Waals surface area contributed by atoms with Crippen LogP contribution in [0.1, 0.15) is 11.4 Å². The van der Waals surface area contributed by atoms with Crippen molar-refractivity contribution in [2.24, 2.45) is 0 Å². The highest BCUT2D eigenvalue weighted by Gasteiger charge is 2.14. The van der Waals surface area contributed by atoms with Crippen molar-refractivity contribution in [3.8, 4) is 55.9 Å². The first kappa shape index (κ1) is 27.5. The van der Waals surface area contributed by atoms with Gasteiger partial charge in [-0.2, -0.15) is 4.98 Å². The van der Waals surface area contributed by atoms with E-state index in [0.29, 0.717) is 18.1 Å². The number of hydrogen-bond donors (Lipinski definition) is 0. The molecular formula is C40H28ClN3. The van der Waals surface area contributed by atoms with Gasteiger partial charge in [0.05, 0.1) is 0 Å². The smallest absolute Gasteiger partial charge is 0.213 e. The van der Waals surface area contributed by atoms with Gasteiger partial charge in [-0.15, -0.1) is 0 Å². The summed E-state index contributed by atoms with van der Waals surface area (Å²) in [6.45, 7) is 0. The molecule has 0 unspecified atom stereocenters. The maximum atomic E-state index is 6.57. The molecule has 0 atom stereocenters. The van der Waals surface area contributed by atoms with E-state index in [1.807, 2.05) is 24.3 Å². The van der Waals surface area contributed by atoms with Crippen molar-refractivity contribution in [2.45, 2.75) is 6.42 Å². The first-order valence-corrected chi connectivity index (χ1v) is 15.0. The van der Waals surface area contributed by atoms with Crippen molar-refractivity contribution < 1.29 is 0 Å². The fourth-order valence-electron chi connectivity index (χ4n) is 5.52. The molecule has 44 heavy (non-hydrogen) atoms. The van der Waals surface area contributed by atoms with E-state index in [4.69, 9.17) is 16.6 Å². The number of rotatable bonds is 7. The molecule has 0 aliphatic rings. The highest BCUT2D eigenvalue weighted by atomic mass is 35.5. The summed E-state index contributed by atoms with van der Waals surface area (Å²) in [6, 6.07) is 54.7. The molecule has 6 aromatic carbocycles. The van der Waals surface area contributed by atoms with Crippen LogP contribution in [0.4, 0.5) is 0 Å². The zero-order valence-electron chi connectivity index (χ0n) is 23.9. The third-order valence-electron chi connectivity index (χ3n) is 7.63. The number of halogens is 1. The maximum Gasteiger partial charge on any atom is 0.226 e. The Labute approximate surface area is 262 Å². The summed E-state index contributed by atoms with van der Waals surface area (Å²) in [7, 11) is 0. The van der Waals surface area contributed by atoms with Crippen LogP contribution in [-0.4, -0.2) is 15.0 Å². The van der Waals surface area contributed by atoms with Crippen LogP contribution < -0.4 is 0 Å². The van der Waals surface area contributed by atoms with E-state index in [1.54, 1.807) is 0 Å². The number of benzene rings is 6. The molecule has 0 aliphatic carbocycles. The molecule has 1 aromatic heterocycles. The lowest BCUT2D eigenvalue weighted by Gasteiger charge is -2.12. The van der Waals surface area contributed by atoms with Crippen molar-refractivity contribution in [1.82, 2.24) is 15.0 Å². The van der Waals surface area contributed by atoms with Crippen LogP contribution in [0.2, 0.25) is 5.28 Å². The van der Waals surface area contributed by atoms with E-state index in [2.05, 4.69) is 143 Å². The van der Waals surface area contributed by atoms with Crippen molar-refractivity contribution in [3.63, 3.8) is 0 Å². The second-order valence-corrected chi connectivity index (χ2v) is 11.0. The standard InChI is InChI=1S/C40H28ClN3/c41-40-43-38(23-28-21-33(29-13-5-1-6-14-29)24-34(22-28)30-15-7-2-8-16-30)42-39(44-40)37-26-35(31-17-9-3-10-18-31)25-36(27-37)32-19-11-4-12-20-32/h1-22,24-27H,23H2. The fraction of sp³-hybridized carbons (Fsp3) is 0.0250. The summed E-state index contributed by atoms with van der Waals surface area (Å²) >= 11 is 6.57. The molecule has 0 radical (unpaired) electrons. The third kappa shape index (κ3) is 6.19. The first-order valence-electron chi connectivity index (χ1n) is 14.6. The second-order valence-electron chi connectivity index (χ2n) is 10.7. The molecule has 0 bridgehead atoms. The molecule has 0 fully saturated rings. The Hall–Kier alpha value is -5.38. The van der Waals surface area contributed by atoms with Crippen molar-refractivity contribution in [2.75, 3.05) is 0 Å². The number of nitrogens with zero attached hydrogens (tertiary/aromatic N) is 3. The SMILES string of the molecule is Clc1nc(Cc2cc(-c3ccccc3)cc(-c3ccccc3)c2)nc(-c2cc(-c3ccccc3)cc(-c3ccccc3)c2)n1. The molecule has 210 valence electrons. The van der Waals surface area contributed by atoms with E-state index in [0.717, 1.165) is 55.6 Å². The lowest BCUT2D eigenvalue weighted by atomic mass is 9.95. The maximum absolute atomic E-state index is 6.57. The van der Waals surface area contributed by atoms with Crippen LogP contribution in [0.25, 0.3) is 55.9 Å². The average molecular weight is 586 g/mol. The van der Waals surface area contributed by atoms with Gasteiger partial charge in [-0.1, -0.05) is 133 Å². The largest absolute Gasteiger partial charge is 0.226 e. The van der Waals surface area contributed by atoms with Crippen LogP contribution in [0, 0.1) is 0 Å². The minimum atomic E-state index is 0.180. The summed E-state index contributed by atoms with van der Waals surface area (Å²) in [5.74, 6) is 1.17. The Morgan fingerprint density at radius 3 is 1.14 bits per heavy atom. The normalized spacial score (nSPS) is 10.9. The summed E-state index contributed by atoms with van der Waals surface area (Å²) in [5.41, 5.74) is 11.0. The van der Waals surface area contributed by atoms with E-state index in [9.17, 15) is 0 Å². The van der Waals surface area contributed by atoms with Crippen molar-refractivity contribution in [3.05, 3.63) is 174 Å². The predicted molar refractivity (Wildman–Crippen MR) is 181 cm³/mol. The van der Waals surface area contributed by atoms with Gasteiger partial charge in [0.2, 0.25) is 5.28 Å². The molecule has 1 heterocycles. The van der Waals surface area contributed by atoms with Crippen LogP contribution in [-0.2, 0) is 6.42 Å². The monoisotopic (exact) mass is 585 g/mol. The molecule has 0 saturated carbocycles. The molecule has 0 spiro atoms. The summed E-state index contributed by atoms with van der Waals surface area (Å²) < 4.78 is 0. The van der Waals surface area contributed by atoms with E-state index in [1.165, 1.54) is 0 Å². The number of hydrogen-bond acceptors (Lipinski definition) is 3. The Morgan fingerprint density at radius 2 is 0.727 bits per heavy atom. The quantitative estimate of drug-likeness (QED) is 0.187. The Balaban J connectivity index is 1.31. The summed E-state index contributed by atoms with van der Waals surface area (Å²) in [6.07, 6.45) is 0.514. The van der Waals surface area contributed by atoms with E-state index in [-0.39, 0.29) is 5.28 Å². The van der Waals surface area contributed by atoms with Gasteiger partial charge in [0.15, 0.2) is 5.82 Å². The molecular weight excluding hydrogens is 558 g/mol. The lowest BCUT2D eigenvalue weighted by molar-refractivity contribution is 0.926. The van der Waals surface area contributed by atoms with Crippen LogP contribution in [0.5, 0.6) is 0 Å². The van der Waals surface area contributed by atoms with Gasteiger partial charge >= 0.3 is 0 Å². The zero-order valence-corrected chi connectivity index (χ0v) is 24.7. The Morgan fingerprint density at radius 1 is 0.364 bits per heavy atom. The van der Waals surface area contributed by atoms with Crippen LogP contribution in [0.3, 0.4) is 0 Å². The van der Waals surface area contributed by atoms with Gasteiger partial charge in [0.1, 0.15) is 5.82 Å². The Kier molecular flexibility index (Phi) is 7.78. The fourth-order valence-corrected chi connectivity index (χ4v) is 5.70. The summed E-state index contributed by atoms with van der Waals surface area (Å²) in [4.78, 5) is 14.1. The van der Waals surface area contributed by atoms with Gasteiger partial charge in [-0.05, 0) is 85.9 Å². The average Bonchev–Trinajstić information content (AvgIpc) is 3.09. The molecule has 4 heteroatoms. The highest BCUT2D eigenvalue weighted by Crippen LogP contribution is 2.33. The highest BCUT2D eigenvalue weighted by molar-refractivity contribution is 6.28. The van der Waals surface area contributed by atoms with Gasteiger partial charge in [-0.3, -0.25) is 0 Å². The zero-order chi connectivity index (χ0) is 29.7.